The van der Waals surface area contributed by atoms with E-state index < -0.39 is 0 Å². The Morgan fingerprint density at radius 2 is 2.17 bits per heavy atom. The lowest BCUT2D eigenvalue weighted by molar-refractivity contribution is 0.414. The molecule has 12 heavy (non-hydrogen) atoms. The highest BCUT2D eigenvalue weighted by atomic mass is 35.5. The molecule has 1 saturated carbocycles. The first-order valence-electron chi connectivity index (χ1n) is 4.14. The van der Waals surface area contributed by atoms with E-state index in [2.05, 4.69) is 6.07 Å². The van der Waals surface area contributed by atoms with Crippen LogP contribution in [0.5, 0.6) is 5.75 Å². The van der Waals surface area contributed by atoms with E-state index in [0.29, 0.717) is 5.92 Å². The molecule has 1 fully saturated rings. The van der Waals surface area contributed by atoms with Gasteiger partial charge < -0.3 is 4.74 Å². The summed E-state index contributed by atoms with van der Waals surface area (Å²) in [6.45, 7) is 0. The standard InChI is InChI=1S/C10H11ClO/c1-12-8-4-5-9(7-2-3-7)10(11)6-8/h4-7H,2-3H2,1H3. The van der Waals surface area contributed by atoms with Gasteiger partial charge in [0.25, 0.3) is 0 Å². The second kappa shape index (κ2) is 2.98. The summed E-state index contributed by atoms with van der Waals surface area (Å²) in [5.41, 5.74) is 1.28. The fraction of sp³-hybridized carbons (Fsp3) is 0.400. The first kappa shape index (κ1) is 7.93. The summed E-state index contributed by atoms with van der Waals surface area (Å²) in [5, 5.41) is 0.844. The van der Waals surface area contributed by atoms with E-state index in [-0.39, 0.29) is 0 Å². The summed E-state index contributed by atoms with van der Waals surface area (Å²) in [6.07, 6.45) is 2.57. The molecule has 0 amide bonds. The number of benzene rings is 1. The summed E-state index contributed by atoms with van der Waals surface area (Å²) >= 11 is 6.06. The van der Waals surface area contributed by atoms with E-state index in [9.17, 15) is 0 Å². The van der Waals surface area contributed by atoms with Crippen LogP contribution in [-0.4, -0.2) is 7.11 Å². The molecule has 0 heterocycles. The Morgan fingerprint density at radius 3 is 2.67 bits per heavy atom. The monoisotopic (exact) mass is 182 g/mol. The predicted molar refractivity (Wildman–Crippen MR) is 50.0 cm³/mol. The number of rotatable bonds is 2. The number of methoxy groups -OCH3 is 1. The van der Waals surface area contributed by atoms with Crippen LogP contribution in [0.25, 0.3) is 0 Å². The van der Waals surface area contributed by atoms with Gasteiger partial charge in [0.2, 0.25) is 0 Å². The van der Waals surface area contributed by atoms with Crippen molar-refractivity contribution in [2.75, 3.05) is 7.11 Å². The predicted octanol–water partition coefficient (Wildman–Crippen LogP) is 3.23. The SMILES string of the molecule is COc1ccc(C2CC2)c(Cl)c1. The largest absolute Gasteiger partial charge is 0.497 e. The van der Waals surface area contributed by atoms with E-state index in [1.54, 1.807) is 7.11 Å². The lowest BCUT2D eigenvalue weighted by Crippen LogP contribution is -1.85. The fourth-order valence-electron chi connectivity index (χ4n) is 1.36. The van der Waals surface area contributed by atoms with E-state index in [1.807, 2.05) is 12.1 Å². The highest BCUT2D eigenvalue weighted by molar-refractivity contribution is 6.31. The molecule has 0 saturated heterocycles. The maximum atomic E-state index is 6.06. The maximum absolute atomic E-state index is 6.06. The number of ether oxygens (including phenoxy) is 1. The molecule has 1 aromatic rings. The van der Waals surface area contributed by atoms with Gasteiger partial charge in [-0.1, -0.05) is 17.7 Å². The molecular weight excluding hydrogens is 172 g/mol. The van der Waals surface area contributed by atoms with Gasteiger partial charge in [-0.05, 0) is 36.5 Å². The highest BCUT2D eigenvalue weighted by Crippen LogP contribution is 2.43. The van der Waals surface area contributed by atoms with Crippen molar-refractivity contribution in [3.8, 4) is 5.75 Å². The van der Waals surface area contributed by atoms with Crippen molar-refractivity contribution in [3.63, 3.8) is 0 Å². The number of hydrogen-bond acceptors (Lipinski definition) is 1. The van der Waals surface area contributed by atoms with Crippen LogP contribution in [0, 0.1) is 0 Å². The van der Waals surface area contributed by atoms with Crippen LogP contribution in [-0.2, 0) is 0 Å². The summed E-state index contributed by atoms with van der Waals surface area (Å²) in [6, 6.07) is 5.92. The molecule has 0 unspecified atom stereocenters. The smallest absolute Gasteiger partial charge is 0.120 e. The van der Waals surface area contributed by atoms with Crippen LogP contribution in [0.2, 0.25) is 5.02 Å². The van der Waals surface area contributed by atoms with Crippen LogP contribution in [0.4, 0.5) is 0 Å². The van der Waals surface area contributed by atoms with Gasteiger partial charge in [0, 0.05) is 5.02 Å². The zero-order valence-corrected chi connectivity index (χ0v) is 7.77. The molecule has 0 aliphatic heterocycles. The average molecular weight is 183 g/mol. The van der Waals surface area contributed by atoms with Crippen LogP contribution in [0.3, 0.4) is 0 Å². The molecule has 64 valence electrons. The Kier molecular flexibility index (Phi) is 1.97. The van der Waals surface area contributed by atoms with Gasteiger partial charge >= 0.3 is 0 Å². The topological polar surface area (TPSA) is 9.23 Å². The molecule has 1 aliphatic carbocycles. The molecule has 1 aliphatic rings. The van der Waals surface area contributed by atoms with Gasteiger partial charge in [0.15, 0.2) is 0 Å². The molecule has 1 aromatic carbocycles. The molecule has 1 nitrogen and oxygen atoms in total. The quantitative estimate of drug-likeness (QED) is 0.683. The minimum absolute atomic E-state index is 0.711. The third-order valence-electron chi connectivity index (χ3n) is 2.22. The molecule has 0 aromatic heterocycles. The molecule has 2 rings (SSSR count). The van der Waals surface area contributed by atoms with Crippen LogP contribution in [0.15, 0.2) is 18.2 Å². The van der Waals surface area contributed by atoms with Crippen molar-refractivity contribution in [1.29, 1.82) is 0 Å². The molecule has 0 bridgehead atoms. The first-order valence-corrected chi connectivity index (χ1v) is 4.52. The van der Waals surface area contributed by atoms with Gasteiger partial charge in [0.1, 0.15) is 5.75 Å². The van der Waals surface area contributed by atoms with Crippen LogP contribution < -0.4 is 4.74 Å². The van der Waals surface area contributed by atoms with Crippen LogP contribution in [0.1, 0.15) is 24.3 Å². The molecule has 2 heteroatoms. The Bertz CT molecular complexity index is 292. The zero-order valence-electron chi connectivity index (χ0n) is 7.01. The lowest BCUT2D eigenvalue weighted by Gasteiger charge is -2.04. The Morgan fingerprint density at radius 1 is 1.42 bits per heavy atom. The third-order valence-corrected chi connectivity index (χ3v) is 2.55. The second-order valence-corrected chi connectivity index (χ2v) is 3.57. The minimum Gasteiger partial charge on any atom is -0.497 e. The minimum atomic E-state index is 0.711. The van der Waals surface area contributed by atoms with Gasteiger partial charge in [0.05, 0.1) is 7.11 Å². The van der Waals surface area contributed by atoms with E-state index >= 15 is 0 Å². The van der Waals surface area contributed by atoms with Gasteiger partial charge in [-0.3, -0.25) is 0 Å². The normalized spacial score (nSPS) is 16.2. The Hall–Kier alpha value is -0.690. The molecule has 0 atom stereocenters. The molecular formula is C10H11ClO. The number of hydrogen-bond donors (Lipinski definition) is 0. The van der Waals surface area contributed by atoms with Gasteiger partial charge in [-0.15, -0.1) is 0 Å². The second-order valence-electron chi connectivity index (χ2n) is 3.16. The van der Waals surface area contributed by atoms with Crippen molar-refractivity contribution in [3.05, 3.63) is 28.8 Å². The highest BCUT2D eigenvalue weighted by Gasteiger charge is 2.25. The maximum Gasteiger partial charge on any atom is 0.120 e. The summed E-state index contributed by atoms with van der Waals surface area (Å²) in [4.78, 5) is 0. The third kappa shape index (κ3) is 1.42. The van der Waals surface area contributed by atoms with Gasteiger partial charge in [-0.2, -0.15) is 0 Å². The Labute approximate surface area is 77.3 Å². The van der Waals surface area contributed by atoms with E-state index in [1.165, 1.54) is 18.4 Å². The molecule has 0 N–H and O–H groups in total. The van der Waals surface area contributed by atoms with Crippen molar-refractivity contribution < 1.29 is 4.74 Å². The van der Waals surface area contributed by atoms with E-state index in [0.717, 1.165) is 10.8 Å². The lowest BCUT2D eigenvalue weighted by atomic mass is 10.1. The summed E-state index contributed by atoms with van der Waals surface area (Å²) < 4.78 is 5.07. The fourth-order valence-corrected chi connectivity index (χ4v) is 1.69. The van der Waals surface area contributed by atoms with Crippen molar-refractivity contribution in [2.24, 2.45) is 0 Å². The van der Waals surface area contributed by atoms with E-state index in [4.69, 9.17) is 16.3 Å². The number of halogens is 1. The van der Waals surface area contributed by atoms with Crippen LogP contribution >= 0.6 is 11.6 Å². The summed E-state index contributed by atoms with van der Waals surface area (Å²) in [7, 11) is 1.66. The van der Waals surface area contributed by atoms with Crippen molar-refractivity contribution in [1.82, 2.24) is 0 Å². The first-order chi connectivity index (χ1) is 5.81. The van der Waals surface area contributed by atoms with Gasteiger partial charge in [-0.25, -0.2) is 0 Å². The Balaban J connectivity index is 2.32. The zero-order chi connectivity index (χ0) is 8.55. The summed E-state index contributed by atoms with van der Waals surface area (Å²) in [5.74, 6) is 1.55. The molecule has 0 spiro atoms. The molecule has 0 radical (unpaired) electrons. The van der Waals surface area contributed by atoms with Crippen molar-refractivity contribution in [2.45, 2.75) is 18.8 Å². The average Bonchev–Trinajstić information content (AvgIpc) is 2.87. The van der Waals surface area contributed by atoms with Crippen molar-refractivity contribution >= 4 is 11.6 Å².